The Balaban J connectivity index is 1.76. The van der Waals surface area contributed by atoms with Crippen LogP contribution in [0.25, 0.3) is 10.2 Å². The number of ether oxygens (including phenoxy) is 1. The SMILES string of the molecule is FC(F)(F)c1ccc2sc(NC[C@@H]3CCCO3)nc2c1. The number of fused-ring (bicyclic) bond motifs is 1. The predicted molar refractivity (Wildman–Crippen MR) is 72.1 cm³/mol. The first kappa shape index (κ1) is 13.6. The van der Waals surface area contributed by atoms with Crippen LogP contribution in [0, 0.1) is 0 Å². The minimum atomic E-state index is -4.33. The Morgan fingerprint density at radius 2 is 2.25 bits per heavy atom. The number of halogens is 3. The highest BCUT2D eigenvalue weighted by Crippen LogP contribution is 2.34. The fourth-order valence-electron chi connectivity index (χ4n) is 2.19. The maximum Gasteiger partial charge on any atom is 0.416 e. The lowest BCUT2D eigenvalue weighted by Gasteiger charge is -2.08. The lowest BCUT2D eigenvalue weighted by Crippen LogP contribution is -2.18. The summed E-state index contributed by atoms with van der Waals surface area (Å²) in [6.45, 7) is 1.42. The highest BCUT2D eigenvalue weighted by Gasteiger charge is 2.30. The number of rotatable bonds is 3. The third kappa shape index (κ3) is 2.88. The van der Waals surface area contributed by atoms with Gasteiger partial charge in [-0.3, -0.25) is 0 Å². The monoisotopic (exact) mass is 302 g/mol. The van der Waals surface area contributed by atoms with E-state index in [0.29, 0.717) is 17.2 Å². The normalized spacial score (nSPS) is 19.6. The molecule has 0 bridgehead atoms. The van der Waals surface area contributed by atoms with Crippen LogP contribution in [0.4, 0.5) is 18.3 Å². The predicted octanol–water partition coefficient (Wildman–Crippen LogP) is 3.91. The molecule has 0 aliphatic carbocycles. The van der Waals surface area contributed by atoms with E-state index in [2.05, 4.69) is 10.3 Å². The Labute approximate surface area is 117 Å². The molecule has 3 rings (SSSR count). The lowest BCUT2D eigenvalue weighted by molar-refractivity contribution is -0.137. The second kappa shape index (κ2) is 5.21. The summed E-state index contributed by atoms with van der Waals surface area (Å²) < 4.78 is 44.1. The van der Waals surface area contributed by atoms with Crippen molar-refractivity contribution in [3.8, 4) is 0 Å². The molecule has 1 fully saturated rings. The van der Waals surface area contributed by atoms with Crippen molar-refractivity contribution < 1.29 is 17.9 Å². The van der Waals surface area contributed by atoms with Gasteiger partial charge in [-0.25, -0.2) is 4.98 Å². The quantitative estimate of drug-likeness (QED) is 0.933. The third-order valence-corrected chi connectivity index (χ3v) is 4.21. The van der Waals surface area contributed by atoms with Crippen molar-refractivity contribution in [2.75, 3.05) is 18.5 Å². The molecular weight excluding hydrogens is 289 g/mol. The Morgan fingerprint density at radius 3 is 2.95 bits per heavy atom. The fourth-order valence-corrected chi connectivity index (χ4v) is 3.04. The second-order valence-electron chi connectivity index (χ2n) is 4.72. The average Bonchev–Trinajstić information content (AvgIpc) is 3.03. The zero-order chi connectivity index (χ0) is 14.2. The number of anilines is 1. The first-order valence-corrected chi connectivity index (χ1v) is 7.17. The number of alkyl halides is 3. The molecule has 1 aromatic heterocycles. The van der Waals surface area contributed by atoms with Gasteiger partial charge in [-0.1, -0.05) is 11.3 Å². The largest absolute Gasteiger partial charge is 0.416 e. The van der Waals surface area contributed by atoms with Crippen molar-refractivity contribution in [1.82, 2.24) is 4.98 Å². The van der Waals surface area contributed by atoms with E-state index in [1.54, 1.807) is 0 Å². The first-order chi connectivity index (χ1) is 9.52. The van der Waals surface area contributed by atoms with E-state index in [1.165, 1.54) is 17.4 Å². The van der Waals surface area contributed by atoms with Crippen LogP contribution >= 0.6 is 11.3 Å². The summed E-state index contributed by atoms with van der Waals surface area (Å²) in [5, 5.41) is 3.77. The van der Waals surface area contributed by atoms with Crippen LogP contribution in [-0.2, 0) is 10.9 Å². The van der Waals surface area contributed by atoms with E-state index >= 15 is 0 Å². The molecule has 1 N–H and O–H groups in total. The van der Waals surface area contributed by atoms with Gasteiger partial charge in [-0.2, -0.15) is 13.2 Å². The molecule has 0 spiro atoms. The van der Waals surface area contributed by atoms with Crippen LogP contribution in [0.15, 0.2) is 18.2 Å². The summed E-state index contributed by atoms with van der Waals surface area (Å²) in [4.78, 5) is 4.20. The molecule has 108 valence electrons. The molecule has 7 heteroatoms. The molecule has 1 aliphatic rings. The van der Waals surface area contributed by atoms with Gasteiger partial charge in [-0.05, 0) is 31.0 Å². The molecule has 1 aromatic carbocycles. The van der Waals surface area contributed by atoms with Crippen LogP contribution in [0.5, 0.6) is 0 Å². The van der Waals surface area contributed by atoms with Gasteiger partial charge in [0.1, 0.15) is 0 Å². The number of benzene rings is 1. The molecule has 3 nitrogen and oxygen atoms in total. The van der Waals surface area contributed by atoms with E-state index in [9.17, 15) is 13.2 Å². The molecule has 0 amide bonds. The first-order valence-electron chi connectivity index (χ1n) is 6.35. The van der Waals surface area contributed by atoms with Gasteiger partial charge >= 0.3 is 6.18 Å². The fraction of sp³-hybridized carbons (Fsp3) is 0.462. The lowest BCUT2D eigenvalue weighted by atomic mass is 10.2. The highest BCUT2D eigenvalue weighted by molar-refractivity contribution is 7.22. The topological polar surface area (TPSA) is 34.1 Å². The number of nitrogens with zero attached hydrogens (tertiary/aromatic N) is 1. The smallest absolute Gasteiger partial charge is 0.376 e. The molecule has 0 unspecified atom stereocenters. The Morgan fingerprint density at radius 1 is 1.40 bits per heavy atom. The molecule has 1 atom stereocenters. The zero-order valence-corrected chi connectivity index (χ0v) is 11.4. The summed E-state index contributed by atoms with van der Waals surface area (Å²) in [6, 6.07) is 3.64. The molecule has 2 aromatic rings. The number of hydrogen-bond donors (Lipinski definition) is 1. The van der Waals surface area contributed by atoms with Crippen LogP contribution < -0.4 is 5.32 Å². The van der Waals surface area contributed by atoms with E-state index < -0.39 is 11.7 Å². The van der Waals surface area contributed by atoms with Crippen LogP contribution in [-0.4, -0.2) is 24.2 Å². The van der Waals surface area contributed by atoms with Gasteiger partial charge in [-0.15, -0.1) is 0 Å². The van der Waals surface area contributed by atoms with E-state index in [0.717, 1.165) is 36.3 Å². The van der Waals surface area contributed by atoms with E-state index in [4.69, 9.17) is 4.74 Å². The Hall–Kier alpha value is -1.34. The van der Waals surface area contributed by atoms with E-state index in [1.807, 2.05) is 0 Å². The molecule has 0 saturated carbocycles. The average molecular weight is 302 g/mol. The Bertz CT molecular complexity index is 605. The van der Waals surface area contributed by atoms with Crippen molar-refractivity contribution in [2.45, 2.75) is 25.1 Å². The van der Waals surface area contributed by atoms with Gasteiger partial charge in [0.05, 0.1) is 21.9 Å². The van der Waals surface area contributed by atoms with Crippen molar-refractivity contribution in [1.29, 1.82) is 0 Å². The standard InChI is InChI=1S/C13H13F3N2OS/c14-13(15,16)8-3-4-11-10(6-8)18-12(20-11)17-7-9-2-1-5-19-9/h3-4,6,9H,1-2,5,7H2,(H,17,18)/t9-/m0/s1. The van der Waals surface area contributed by atoms with Gasteiger partial charge in [0.25, 0.3) is 0 Å². The zero-order valence-electron chi connectivity index (χ0n) is 10.5. The van der Waals surface area contributed by atoms with Gasteiger partial charge in [0, 0.05) is 13.2 Å². The van der Waals surface area contributed by atoms with Crippen molar-refractivity contribution in [3.05, 3.63) is 23.8 Å². The molecule has 20 heavy (non-hydrogen) atoms. The number of aromatic nitrogens is 1. The highest BCUT2D eigenvalue weighted by atomic mass is 32.1. The summed E-state index contributed by atoms with van der Waals surface area (Å²) in [5.74, 6) is 0. The summed E-state index contributed by atoms with van der Waals surface area (Å²) in [7, 11) is 0. The maximum absolute atomic E-state index is 12.6. The minimum Gasteiger partial charge on any atom is -0.376 e. The summed E-state index contributed by atoms with van der Waals surface area (Å²) >= 11 is 1.35. The molecule has 0 radical (unpaired) electrons. The summed E-state index contributed by atoms with van der Waals surface area (Å²) in [6.07, 6.45) is -2.09. The van der Waals surface area contributed by atoms with Crippen LogP contribution in [0.1, 0.15) is 18.4 Å². The second-order valence-corrected chi connectivity index (χ2v) is 5.75. The molecule has 2 heterocycles. The van der Waals surface area contributed by atoms with Crippen LogP contribution in [0.3, 0.4) is 0 Å². The summed E-state index contributed by atoms with van der Waals surface area (Å²) in [5.41, 5.74) is -0.291. The molecular formula is C13H13F3N2OS. The van der Waals surface area contributed by atoms with E-state index in [-0.39, 0.29) is 6.10 Å². The van der Waals surface area contributed by atoms with Gasteiger partial charge in [0.15, 0.2) is 5.13 Å². The van der Waals surface area contributed by atoms with Crippen molar-refractivity contribution in [2.24, 2.45) is 0 Å². The third-order valence-electron chi connectivity index (χ3n) is 3.22. The Kier molecular flexibility index (Phi) is 3.55. The molecule has 1 saturated heterocycles. The molecule has 1 aliphatic heterocycles. The van der Waals surface area contributed by atoms with Crippen molar-refractivity contribution in [3.63, 3.8) is 0 Å². The number of nitrogens with one attached hydrogen (secondary N) is 1. The van der Waals surface area contributed by atoms with Gasteiger partial charge < -0.3 is 10.1 Å². The maximum atomic E-state index is 12.6. The van der Waals surface area contributed by atoms with Gasteiger partial charge in [0.2, 0.25) is 0 Å². The number of thiazole rings is 1. The van der Waals surface area contributed by atoms with Crippen molar-refractivity contribution >= 4 is 26.7 Å². The van der Waals surface area contributed by atoms with Crippen LogP contribution in [0.2, 0.25) is 0 Å². The minimum absolute atomic E-state index is 0.174. The number of hydrogen-bond acceptors (Lipinski definition) is 4.